The van der Waals surface area contributed by atoms with E-state index in [1.54, 1.807) is 62.6 Å². The van der Waals surface area contributed by atoms with Gasteiger partial charge in [-0.25, -0.2) is 4.79 Å². The van der Waals surface area contributed by atoms with Gasteiger partial charge in [0.1, 0.15) is 11.5 Å². The van der Waals surface area contributed by atoms with Gasteiger partial charge in [-0.2, -0.15) is 0 Å². The monoisotopic (exact) mass is 357 g/mol. The first-order valence-electron chi connectivity index (χ1n) is 8.46. The Bertz CT molecular complexity index is 759. The fourth-order valence-corrected chi connectivity index (χ4v) is 2.32. The molecule has 0 bridgehead atoms. The fraction of sp³-hybridized carbons (Fsp3) is 0.300. The number of methoxy groups -OCH3 is 1. The maximum atomic E-state index is 12.5. The summed E-state index contributed by atoms with van der Waals surface area (Å²) in [6, 6.07) is 13.7. The molecule has 1 unspecified atom stereocenters. The van der Waals surface area contributed by atoms with Crippen LogP contribution in [0.3, 0.4) is 0 Å². The third kappa shape index (κ3) is 5.24. The summed E-state index contributed by atoms with van der Waals surface area (Å²) in [5.74, 6) is 0.478. The molecule has 1 atom stereocenters. The molecule has 138 valence electrons. The second-order valence-corrected chi connectivity index (χ2v) is 5.48. The zero-order valence-corrected chi connectivity index (χ0v) is 15.2. The van der Waals surface area contributed by atoms with Gasteiger partial charge in [0.15, 0.2) is 6.10 Å². The quantitative estimate of drug-likeness (QED) is 0.730. The Labute approximate surface area is 153 Å². The van der Waals surface area contributed by atoms with Gasteiger partial charge in [-0.15, -0.1) is 0 Å². The average Bonchev–Trinajstić information content (AvgIpc) is 2.66. The molecule has 1 amide bonds. The minimum Gasteiger partial charge on any atom is -0.497 e. The number of amides is 1. The lowest BCUT2D eigenvalue weighted by atomic mass is 10.2. The molecule has 2 aromatic carbocycles. The molecule has 0 aliphatic heterocycles. The van der Waals surface area contributed by atoms with E-state index in [-0.39, 0.29) is 5.91 Å². The number of ether oxygens (including phenoxy) is 3. The van der Waals surface area contributed by atoms with Crippen LogP contribution in [0.4, 0.5) is 5.69 Å². The summed E-state index contributed by atoms with van der Waals surface area (Å²) in [5, 5.41) is 2.78. The van der Waals surface area contributed by atoms with E-state index in [1.165, 1.54) is 0 Å². The number of carbonyl (C=O) groups is 2. The minimum atomic E-state index is -0.673. The largest absolute Gasteiger partial charge is 0.497 e. The van der Waals surface area contributed by atoms with E-state index in [4.69, 9.17) is 14.2 Å². The van der Waals surface area contributed by atoms with Crippen molar-refractivity contribution in [2.45, 2.75) is 26.4 Å². The molecule has 1 N–H and O–H groups in total. The molecular weight excluding hydrogens is 334 g/mol. The summed E-state index contributed by atoms with van der Waals surface area (Å²) >= 11 is 0. The van der Waals surface area contributed by atoms with Crippen molar-refractivity contribution in [2.75, 3.05) is 19.0 Å². The predicted molar refractivity (Wildman–Crippen MR) is 98.7 cm³/mol. The number of esters is 1. The van der Waals surface area contributed by atoms with Crippen molar-refractivity contribution in [3.05, 3.63) is 54.1 Å². The Morgan fingerprint density at radius 3 is 2.46 bits per heavy atom. The molecule has 0 aliphatic rings. The van der Waals surface area contributed by atoms with Crippen LogP contribution < -0.4 is 14.8 Å². The molecule has 0 spiro atoms. The second-order valence-electron chi connectivity index (χ2n) is 5.48. The van der Waals surface area contributed by atoms with Crippen LogP contribution in [0.1, 0.15) is 30.6 Å². The fourth-order valence-electron chi connectivity index (χ4n) is 2.32. The molecule has 2 rings (SSSR count). The lowest BCUT2D eigenvalue weighted by molar-refractivity contribution is -0.122. The molecule has 0 aromatic heterocycles. The van der Waals surface area contributed by atoms with Crippen molar-refractivity contribution < 1.29 is 23.8 Å². The second kappa shape index (κ2) is 9.46. The van der Waals surface area contributed by atoms with Crippen LogP contribution in [-0.2, 0) is 9.53 Å². The van der Waals surface area contributed by atoms with Crippen molar-refractivity contribution in [3.63, 3.8) is 0 Å². The van der Waals surface area contributed by atoms with E-state index in [1.807, 2.05) is 6.92 Å². The van der Waals surface area contributed by atoms with Crippen LogP contribution in [0.15, 0.2) is 48.5 Å². The molecule has 0 heterocycles. The van der Waals surface area contributed by atoms with Crippen LogP contribution in [0.2, 0.25) is 0 Å². The SMILES string of the molecule is CCOC(=O)c1cccc(NC(=O)C(CC)Oc2cccc(OC)c2)c1. The molecule has 6 nitrogen and oxygen atoms in total. The molecule has 0 radical (unpaired) electrons. The van der Waals surface area contributed by atoms with E-state index in [0.29, 0.717) is 35.8 Å². The summed E-state index contributed by atoms with van der Waals surface area (Å²) in [5.41, 5.74) is 0.889. The van der Waals surface area contributed by atoms with Crippen LogP contribution in [0.25, 0.3) is 0 Å². The van der Waals surface area contributed by atoms with Crippen LogP contribution in [-0.4, -0.2) is 31.7 Å². The van der Waals surface area contributed by atoms with Gasteiger partial charge in [0.05, 0.1) is 19.3 Å². The van der Waals surface area contributed by atoms with Crippen molar-refractivity contribution in [1.29, 1.82) is 0 Å². The standard InChI is InChI=1S/C20H23NO5/c1-4-18(26-17-11-7-10-16(13-17)24-3)19(22)21-15-9-6-8-14(12-15)20(23)25-5-2/h6-13,18H,4-5H2,1-3H3,(H,21,22). The zero-order chi connectivity index (χ0) is 18.9. The van der Waals surface area contributed by atoms with Crippen LogP contribution >= 0.6 is 0 Å². The summed E-state index contributed by atoms with van der Waals surface area (Å²) in [7, 11) is 1.57. The lowest BCUT2D eigenvalue weighted by Gasteiger charge is -2.18. The highest BCUT2D eigenvalue weighted by atomic mass is 16.5. The smallest absolute Gasteiger partial charge is 0.338 e. The molecule has 0 aliphatic carbocycles. The van der Waals surface area contributed by atoms with Crippen molar-refractivity contribution in [2.24, 2.45) is 0 Å². The molecule has 2 aromatic rings. The van der Waals surface area contributed by atoms with Gasteiger partial charge in [-0.3, -0.25) is 4.79 Å². The highest BCUT2D eigenvalue weighted by molar-refractivity contribution is 5.96. The summed E-state index contributed by atoms with van der Waals surface area (Å²) in [4.78, 5) is 24.3. The van der Waals surface area contributed by atoms with Gasteiger partial charge in [-0.1, -0.05) is 19.1 Å². The first-order chi connectivity index (χ1) is 12.6. The lowest BCUT2D eigenvalue weighted by Crippen LogP contribution is -2.32. The number of hydrogen-bond acceptors (Lipinski definition) is 5. The number of rotatable bonds is 8. The summed E-state index contributed by atoms with van der Waals surface area (Å²) in [6.07, 6.45) is -0.186. The molecule has 6 heteroatoms. The van der Waals surface area contributed by atoms with Gasteiger partial charge in [0.25, 0.3) is 5.91 Å². The number of benzene rings is 2. The Hall–Kier alpha value is -3.02. The highest BCUT2D eigenvalue weighted by Gasteiger charge is 2.19. The van der Waals surface area contributed by atoms with E-state index < -0.39 is 12.1 Å². The highest BCUT2D eigenvalue weighted by Crippen LogP contribution is 2.21. The van der Waals surface area contributed by atoms with E-state index in [0.717, 1.165) is 0 Å². The zero-order valence-electron chi connectivity index (χ0n) is 15.2. The number of carbonyl (C=O) groups excluding carboxylic acids is 2. The van der Waals surface area contributed by atoms with E-state index in [2.05, 4.69) is 5.32 Å². The van der Waals surface area contributed by atoms with Gasteiger partial charge in [0.2, 0.25) is 0 Å². The average molecular weight is 357 g/mol. The number of hydrogen-bond donors (Lipinski definition) is 1. The summed E-state index contributed by atoms with van der Waals surface area (Å²) in [6.45, 7) is 3.90. The molecule has 0 saturated heterocycles. The number of nitrogens with one attached hydrogen (secondary N) is 1. The summed E-state index contributed by atoms with van der Waals surface area (Å²) < 4.78 is 15.9. The predicted octanol–water partition coefficient (Wildman–Crippen LogP) is 3.67. The maximum Gasteiger partial charge on any atom is 0.338 e. The third-order valence-corrected chi connectivity index (χ3v) is 3.62. The molecule has 26 heavy (non-hydrogen) atoms. The topological polar surface area (TPSA) is 73.9 Å². The Balaban J connectivity index is 2.06. The van der Waals surface area contributed by atoms with Crippen molar-refractivity contribution in [1.82, 2.24) is 0 Å². The van der Waals surface area contributed by atoms with Crippen molar-refractivity contribution in [3.8, 4) is 11.5 Å². The Kier molecular flexibility index (Phi) is 7.02. The minimum absolute atomic E-state index is 0.293. The van der Waals surface area contributed by atoms with E-state index in [9.17, 15) is 9.59 Å². The van der Waals surface area contributed by atoms with E-state index >= 15 is 0 Å². The van der Waals surface area contributed by atoms with Gasteiger partial charge in [-0.05, 0) is 43.7 Å². The normalized spacial score (nSPS) is 11.3. The first-order valence-corrected chi connectivity index (χ1v) is 8.46. The molecule has 0 fully saturated rings. The molecular formula is C20H23NO5. The van der Waals surface area contributed by atoms with Crippen LogP contribution in [0, 0.1) is 0 Å². The van der Waals surface area contributed by atoms with Crippen LogP contribution in [0.5, 0.6) is 11.5 Å². The first kappa shape index (κ1) is 19.3. The van der Waals surface area contributed by atoms with Gasteiger partial charge in [0, 0.05) is 11.8 Å². The molecule has 0 saturated carbocycles. The van der Waals surface area contributed by atoms with Gasteiger partial charge >= 0.3 is 5.97 Å². The van der Waals surface area contributed by atoms with Gasteiger partial charge < -0.3 is 19.5 Å². The number of anilines is 1. The Morgan fingerprint density at radius 2 is 1.77 bits per heavy atom. The van der Waals surface area contributed by atoms with Crippen molar-refractivity contribution >= 4 is 17.6 Å². The maximum absolute atomic E-state index is 12.5. The Morgan fingerprint density at radius 1 is 1.04 bits per heavy atom. The third-order valence-electron chi connectivity index (χ3n) is 3.62.